The van der Waals surface area contributed by atoms with Gasteiger partial charge in [0.25, 0.3) is 0 Å². The molecule has 1 aromatic heterocycles. The number of hydrogen-bond donors (Lipinski definition) is 0. The molecule has 0 unspecified atom stereocenters. The molecule has 0 atom stereocenters. The van der Waals surface area contributed by atoms with E-state index in [9.17, 15) is 4.39 Å². The van der Waals surface area contributed by atoms with Crippen LogP contribution in [0.4, 0.5) is 4.39 Å². The highest BCUT2D eigenvalue weighted by molar-refractivity contribution is 5.89. The van der Waals surface area contributed by atoms with E-state index >= 15 is 0 Å². The molecule has 0 N–H and O–H groups in total. The highest BCUT2D eigenvalue weighted by Crippen LogP contribution is 2.30. The molecule has 0 fully saturated rings. The van der Waals surface area contributed by atoms with Crippen LogP contribution < -0.4 is 4.74 Å². The molecular formula is C26H22FNO. The van der Waals surface area contributed by atoms with Crippen LogP contribution in [-0.4, -0.2) is 4.57 Å². The first-order valence-corrected chi connectivity index (χ1v) is 9.55. The molecule has 2 nitrogen and oxygen atoms in total. The Morgan fingerprint density at radius 2 is 1.48 bits per heavy atom. The van der Waals surface area contributed by atoms with Crippen molar-refractivity contribution in [2.75, 3.05) is 0 Å². The number of halogens is 1. The monoisotopic (exact) mass is 383 g/mol. The fourth-order valence-corrected chi connectivity index (χ4v) is 3.51. The predicted octanol–water partition coefficient (Wildman–Crippen LogP) is 7.15. The standard InChI is InChI=1S/C26H22FNO/c1-3-5-21-18-28(16-4-2)26-15-8-20(17-25(21)26)19-6-11-23(12-7-19)29-24-13-9-22(27)10-14-24/h3-4,6-15,17-18H,1-2,5,16H2. The van der Waals surface area contributed by atoms with Crippen LogP contribution in [-0.2, 0) is 13.0 Å². The second-order valence-corrected chi connectivity index (χ2v) is 6.90. The summed E-state index contributed by atoms with van der Waals surface area (Å²) < 4.78 is 21.0. The summed E-state index contributed by atoms with van der Waals surface area (Å²) in [5.41, 5.74) is 4.71. The molecule has 1 heterocycles. The van der Waals surface area contributed by atoms with E-state index in [2.05, 4.69) is 42.1 Å². The number of hydrogen-bond acceptors (Lipinski definition) is 1. The van der Waals surface area contributed by atoms with Crippen molar-refractivity contribution in [2.24, 2.45) is 0 Å². The molecule has 144 valence electrons. The maximum absolute atomic E-state index is 13.0. The van der Waals surface area contributed by atoms with Gasteiger partial charge >= 0.3 is 0 Å². The average molecular weight is 383 g/mol. The van der Waals surface area contributed by atoms with Crippen LogP contribution >= 0.6 is 0 Å². The van der Waals surface area contributed by atoms with Gasteiger partial charge in [0.15, 0.2) is 0 Å². The van der Waals surface area contributed by atoms with E-state index in [1.165, 1.54) is 28.6 Å². The summed E-state index contributed by atoms with van der Waals surface area (Å²) in [6.07, 6.45) is 6.85. The van der Waals surface area contributed by atoms with Crippen molar-refractivity contribution in [3.05, 3.63) is 110 Å². The Hall–Kier alpha value is -3.59. The van der Waals surface area contributed by atoms with Gasteiger partial charge < -0.3 is 9.30 Å². The smallest absolute Gasteiger partial charge is 0.127 e. The van der Waals surface area contributed by atoms with E-state index in [-0.39, 0.29) is 5.82 Å². The first-order valence-electron chi connectivity index (χ1n) is 9.55. The van der Waals surface area contributed by atoms with E-state index in [1.807, 2.05) is 36.4 Å². The Kier molecular flexibility index (Phi) is 5.30. The zero-order valence-electron chi connectivity index (χ0n) is 16.1. The SMILES string of the molecule is C=CCc1cn(CC=C)c2ccc(-c3ccc(Oc4ccc(F)cc4)cc3)cc12. The fourth-order valence-electron chi connectivity index (χ4n) is 3.51. The van der Waals surface area contributed by atoms with Crippen molar-refractivity contribution in [1.29, 1.82) is 0 Å². The summed E-state index contributed by atoms with van der Waals surface area (Å²) in [4.78, 5) is 0. The summed E-state index contributed by atoms with van der Waals surface area (Å²) in [6, 6.07) is 20.5. The topological polar surface area (TPSA) is 14.2 Å². The van der Waals surface area contributed by atoms with Crippen molar-refractivity contribution in [2.45, 2.75) is 13.0 Å². The Labute approximate surface area is 170 Å². The molecule has 0 aliphatic carbocycles. The zero-order chi connectivity index (χ0) is 20.2. The first kappa shape index (κ1) is 18.8. The number of rotatable bonds is 7. The number of fused-ring (bicyclic) bond motifs is 1. The molecule has 4 rings (SSSR count). The maximum atomic E-state index is 13.0. The van der Waals surface area contributed by atoms with E-state index in [4.69, 9.17) is 4.74 Å². The second kappa shape index (κ2) is 8.19. The lowest BCUT2D eigenvalue weighted by molar-refractivity contribution is 0.480. The third kappa shape index (κ3) is 3.99. The zero-order valence-corrected chi connectivity index (χ0v) is 16.1. The molecule has 0 spiro atoms. The lowest BCUT2D eigenvalue weighted by Crippen LogP contribution is -1.91. The molecule has 0 radical (unpaired) electrons. The summed E-state index contributed by atoms with van der Waals surface area (Å²) in [6.45, 7) is 8.52. The van der Waals surface area contributed by atoms with Gasteiger partial charge in [-0.15, -0.1) is 13.2 Å². The minimum atomic E-state index is -0.277. The van der Waals surface area contributed by atoms with Gasteiger partial charge in [-0.05, 0) is 71.6 Å². The number of benzene rings is 3. The Bertz CT molecular complexity index is 1150. The van der Waals surface area contributed by atoms with E-state index in [0.717, 1.165) is 24.1 Å². The minimum Gasteiger partial charge on any atom is -0.457 e. The quantitative estimate of drug-likeness (QED) is 0.309. The van der Waals surface area contributed by atoms with Crippen molar-refractivity contribution >= 4 is 10.9 Å². The molecule has 0 bridgehead atoms. The third-order valence-electron chi connectivity index (χ3n) is 4.89. The van der Waals surface area contributed by atoms with Crippen LogP contribution in [0.25, 0.3) is 22.0 Å². The van der Waals surface area contributed by atoms with Crippen molar-refractivity contribution in [1.82, 2.24) is 4.57 Å². The van der Waals surface area contributed by atoms with E-state index in [0.29, 0.717) is 11.5 Å². The molecule has 0 aliphatic heterocycles. The van der Waals surface area contributed by atoms with Crippen LogP contribution in [0.1, 0.15) is 5.56 Å². The maximum Gasteiger partial charge on any atom is 0.127 e. The Morgan fingerprint density at radius 3 is 2.14 bits per heavy atom. The van der Waals surface area contributed by atoms with Gasteiger partial charge in [-0.1, -0.05) is 30.4 Å². The van der Waals surface area contributed by atoms with Crippen LogP contribution in [0.3, 0.4) is 0 Å². The van der Waals surface area contributed by atoms with Gasteiger partial charge in [0.05, 0.1) is 0 Å². The van der Waals surface area contributed by atoms with Gasteiger partial charge in [0, 0.05) is 23.6 Å². The first-order chi connectivity index (χ1) is 14.2. The molecule has 29 heavy (non-hydrogen) atoms. The number of ether oxygens (including phenoxy) is 1. The highest BCUT2D eigenvalue weighted by Gasteiger charge is 2.09. The molecule has 0 saturated carbocycles. The summed E-state index contributed by atoms with van der Waals surface area (Å²) >= 11 is 0. The number of nitrogens with zero attached hydrogens (tertiary/aromatic N) is 1. The normalized spacial score (nSPS) is 10.8. The van der Waals surface area contributed by atoms with Gasteiger partial charge in [0.2, 0.25) is 0 Å². The van der Waals surface area contributed by atoms with Crippen molar-refractivity contribution < 1.29 is 9.13 Å². The third-order valence-corrected chi connectivity index (χ3v) is 4.89. The van der Waals surface area contributed by atoms with Crippen LogP contribution in [0.5, 0.6) is 11.5 Å². The highest BCUT2D eigenvalue weighted by atomic mass is 19.1. The number of allylic oxidation sites excluding steroid dienone is 2. The van der Waals surface area contributed by atoms with Gasteiger partial charge in [-0.2, -0.15) is 0 Å². The molecule has 4 aromatic rings. The van der Waals surface area contributed by atoms with Gasteiger partial charge in [-0.25, -0.2) is 4.39 Å². The van der Waals surface area contributed by atoms with Crippen LogP contribution in [0.15, 0.2) is 98.2 Å². The van der Waals surface area contributed by atoms with Crippen LogP contribution in [0, 0.1) is 5.82 Å². The molecule has 0 aliphatic rings. The summed E-state index contributed by atoms with van der Waals surface area (Å²) in [5, 5.41) is 1.23. The average Bonchev–Trinajstić information content (AvgIpc) is 3.08. The lowest BCUT2D eigenvalue weighted by Gasteiger charge is -2.08. The van der Waals surface area contributed by atoms with E-state index in [1.54, 1.807) is 12.1 Å². The second-order valence-electron chi connectivity index (χ2n) is 6.90. The van der Waals surface area contributed by atoms with Crippen LogP contribution in [0.2, 0.25) is 0 Å². The lowest BCUT2D eigenvalue weighted by atomic mass is 10.0. The van der Waals surface area contributed by atoms with Crippen molar-refractivity contribution in [3.8, 4) is 22.6 Å². The Morgan fingerprint density at radius 1 is 0.828 bits per heavy atom. The number of aromatic nitrogens is 1. The predicted molar refractivity (Wildman–Crippen MR) is 118 cm³/mol. The molecule has 0 amide bonds. The van der Waals surface area contributed by atoms with Crippen molar-refractivity contribution in [3.63, 3.8) is 0 Å². The molecule has 0 saturated heterocycles. The van der Waals surface area contributed by atoms with E-state index < -0.39 is 0 Å². The molecular weight excluding hydrogens is 361 g/mol. The summed E-state index contributed by atoms with van der Waals surface area (Å²) in [5.74, 6) is 1.05. The Balaban J connectivity index is 1.63. The molecule has 3 aromatic carbocycles. The van der Waals surface area contributed by atoms with Gasteiger partial charge in [-0.3, -0.25) is 0 Å². The largest absolute Gasteiger partial charge is 0.457 e. The molecule has 3 heteroatoms. The summed E-state index contributed by atoms with van der Waals surface area (Å²) in [7, 11) is 0. The minimum absolute atomic E-state index is 0.277. The van der Waals surface area contributed by atoms with Gasteiger partial charge in [0.1, 0.15) is 17.3 Å². The fraction of sp³-hybridized carbons (Fsp3) is 0.0769.